The van der Waals surface area contributed by atoms with E-state index in [1.165, 1.54) is 16.1 Å². The molecule has 0 radical (unpaired) electrons. The summed E-state index contributed by atoms with van der Waals surface area (Å²) in [6.07, 6.45) is 0.255. The molecule has 2 rings (SSSR count). The van der Waals surface area contributed by atoms with Crippen molar-refractivity contribution < 1.29 is 18.0 Å². The minimum atomic E-state index is -3.48. The Morgan fingerprint density at radius 2 is 1.89 bits per heavy atom. The number of rotatable bonds is 9. The van der Waals surface area contributed by atoms with Crippen LogP contribution in [0.1, 0.15) is 38.8 Å². The number of benzene rings is 1. The van der Waals surface area contributed by atoms with Gasteiger partial charge < -0.3 is 10.2 Å². The average molecular weight is 414 g/mol. The largest absolute Gasteiger partial charge is 0.350 e. The molecule has 150 valence electrons. The van der Waals surface area contributed by atoms with Crippen molar-refractivity contribution in [2.24, 2.45) is 0 Å². The van der Waals surface area contributed by atoms with E-state index in [1.54, 1.807) is 43.0 Å². The molecule has 0 saturated carbocycles. The second kappa shape index (κ2) is 9.57. The van der Waals surface area contributed by atoms with Crippen LogP contribution in [0, 0.1) is 0 Å². The van der Waals surface area contributed by atoms with Gasteiger partial charge in [-0.1, -0.05) is 37.7 Å². The van der Waals surface area contributed by atoms with Crippen LogP contribution in [0.15, 0.2) is 29.2 Å². The molecule has 1 aromatic rings. The molecule has 1 atom stereocenters. The van der Waals surface area contributed by atoms with Crippen molar-refractivity contribution in [1.82, 2.24) is 14.5 Å². The van der Waals surface area contributed by atoms with Crippen LogP contribution in [-0.2, 0) is 14.8 Å². The molecular formula is C18H27N3O4S2. The normalized spacial score (nSPS) is 16.0. The summed E-state index contributed by atoms with van der Waals surface area (Å²) >= 11 is 1.28. The van der Waals surface area contributed by atoms with Crippen LogP contribution in [0.5, 0.6) is 0 Å². The van der Waals surface area contributed by atoms with E-state index in [-0.39, 0.29) is 28.5 Å². The smallest absolute Gasteiger partial charge is 0.281 e. The molecule has 1 fully saturated rings. The lowest BCUT2D eigenvalue weighted by Gasteiger charge is -2.20. The quantitative estimate of drug-likeness (QED) is 0.672. The first kappa shape index (κ1) is 21.7. The third-order valence-corrected chi connectivity index (χ3v) is 7.51. The Labute approximate surface area is 165 Å². The molecule has 27 heavy (non-hydrogen) atoms. The van der Waals surface area contributed by atoms with Crippen molar-refractivity contribution >= 4 is 32.9 Å². The van der Waals surface area contributed by atoms with E-state index >= 15 is 0 Å². The zero-order chi connectivity index (χ0) is 20.0. The summed E-state index contributed by atoms with van der Waals surface area (Å²) in [7, 11) is -3.48. The van der Waals surface area contributed by atoms with Crippen molar-refractivity contribution in [3.05, 3.63) is 29.8 Å². The lowest BCUT2D eigenvalue weighted by molar-refractivity contribution is -0.121. The molecule has 0 bridgehead atoms. The Kier molecular flexibility index (Phi) is 7.69. The van der Waals surface area contributed by atoms with Crippen LogP contribution in [-0.4, -0.2) is 60.7 Å². The topological polar surface area (TPSA) is 86.8 Å². The number of hydrogen-bond donors (Lipinski definition) is 1. The lowest BCUT2D eigenvalue weighted by atomic mass is 10.1. The maximum absolute atomic E-state index is 12.5. The second-order valence-electron chi connectivity index (χ2n) is 6.30. The molecule has 1 saturated heterocycles. The molecular weight excluding hydrogens is 386 g/mol. The van der Waals surface area contributed by atoms with Crippen molar-refractivity contribution in [3.8, 4) is 0 Å². The molecule has 0 unspecified atom stereocenters. The van der Waals surface area contributed by atoms with Crippen molar-refractivity contribution in [2.45, 2.75) is 38.1 Å². The van der Waals surface area contributed by atoms with E-state index in [0.29, 0.717) is 26.2 Å². The van der Waals surface area contributed by atoms with Crippen LogP contribution in [0.25, 0.3) is 0 Å². The van der Waals surface area contributed by atoms with Crippen molar-refractivity contribution in [1.29, 1.82) is 0 Å². The minimum Gasteiger partial charge on any atom is -0.350 e. The number of carbonyl (C=O) groups is 2. The van der Waals surface area contributed by atoms with Crippen LogP contribution < -0.4 is 5.32 Å². The molecule has 1 aromatic carbocycles. The number of thioether (sulfide) groups is 1. The summed E-state index contributed by atoms with van der Waals surface area (Å²) in [5.41, 5.74) is 0.828. The molecule has 9 heteroatoms. The second-order valence-corrected chi connectivity index (χ2v) is 9.28. The molecule has 2 amide bonds. The Hall–Kier alpha value is -1.58. The molecule has 0 spiro atoms. The van der Waals surface area contributed by atoms with Crippen LogP contribution in [0.2, 0.25) is 0 Å². The molecule has 0 aromatic heterocycles. The van der Waals surface area contributed by atoms with Gasteiger partial charge in [0.15, 0.2) is 0 Å². The fourth-order valence-corrected chi connectivity index (χ4v) is 5.21. The zero-order valence-electron chi connectivity index (χ0n) is 16.0. The Bertz CT molecular complexity index is 761. The maximum atomic E-state index is 12.5. The van der Waals surface area contributed by atoms with Crippen LogP contribution in [0.3, 0.4) is 0 Å². The van der Waals surface area contributed by atoms with Gasteiger partial charge in [-0.2, -0.15) is 4.31 Å². The maximum Gasteiger partial charge on any atom is 0.281 e. The summed E-state index contributed by atoms with van der Waals surface area (Å²) in [6.45, 7) is 7.42. The summed E-state index contributed by atoms with van der Waals surface area (Å²) in [6, 6.07) is 6.35. The highest BCUT2D eigenvalue weighted by Gasteiger charge is 2.23. The van der Waals surface area contributed by atoms with E-state index in [1.807, 2.05) is 6.92 Å². The van der Waals surface area contributed by atoms with E-state index in [4.69, 9.17) is 0 Å². The fraction of sp³-hybridized carbons (Fsp3) is 0.556. The van der Waals surface area contributed by atoms with E-state index in [0.717, 1.165) is 11.3 Å². The van der Waals surface area contributed by atoms with Crippen molar-refractivity contribution in [2.75, 3.05) is 31.9 Å². The molecule has 1 heterocycles. The number of hydrogen-bond acceptors (Lipinski definition) is 5. The number of amides is 2. The van der Waals surface area contributed by atoms with E-state index in [2.05, 4.69) is 5.32 Å². The molecule has 0 aliphatic carbocycles. The van der Waals surface area contributed by atoms with E-state index < -0.39 is 10.0 Å². The Morgan fingerprint density at radius 3 is 2.41 bits per heavy atom. The first-order chi connectivity index (χ1) is 12.8. The first-order valence-electron chi connectivity index (χ1n) is 9.10. The van der Waals surface area contributed by atoms with Gasteiger partial charge >= 0.3 is 0 Å². The highest BCUT2D eigenvalue weighted by molar-refractivity contribution is 8.13. The Morgan fingerprint density at radius 1 is 1.26 bits per heavy atom. The van der Waals surface area contributed by atoms with Gasteiger partial charge in [0.25, 0.3) is 5.24 Å². The first-order valence-corrected chi connectivity index (χ1v) is 11.5. The molecule has 1 aliphatic rings. The number of carbonyl (C=O) groups excluding carboxylic acids is 2. The van der Waals surface area contributed by atoms with Crippen LogP contribution in [0.4, 0.5) is 4.79 Å². The van der Waals surface area contributed by atoms with Gasteiger partial charge in [-0.15, -0.1) is 0 Å². The van der Waals surface area contributed by atoms with E-state index in [9.17, 15) is 18.0 Å². The Balaban J connectivity index is 1.93. The zero-order valence-corrected chi connectivity index (χ0v) is 17.6. The fourth-order valence-electron chi connectivity index (χ4n) is 2.90. The van der Waals surface area contributed by atoms with Gasteiger partial charge in [0, 0.05) is 38.4 Å². The molecule has 1 N–H and O–H groups in total. The third-order valence-electron chi connectivity index (χ3n) is 4.55. The predicted octanol–water partition coefficient (Wildman–Crippen LogP) is 2.45. The standard InChI is InChI=1S/C18H27N3O4S2/c1-4-21(5-2)27(24,25)16-8-6-15(7-9-16)14(3)19-17(22)10-11-20-12-13-26-18(20)23/h6-9,14H,4-5,10-13H2,1-3H3,(H,19,22)/t14-/m0/s1. The van der Waals surface area contributed by atoms with Gasteiger partial charge in [0.2, 0.25) is 15.9 Å². The van der Waals surface area contributed by atoms with Gasteiger partial charge in [0.1, 0.15) is 0 Å². The van der Waals surface area contributed by atoms with Crippen molar-refractivity contribution in [3.63, 3.8) is 0 Å². The number of nitrogens with one attached hydrogen (secondary N) is 1. The minimum absolute atomic E-state index is 0.0286. The predicted molar refractivity (Wildman–Crippen MR) is 107 cm³/mol. The highest BCUT2D eigenvalue weighted by Crippen LogP contribution is 2.20. The number of sulfonamides is 1. The summed E-state index contributed by atoms with van der Waals surface area (Å²) in [4.78, 5) is 25.6. The van der Waals surface area contributed by atoms with Gasteiger partial charge in [-0.05, 0) is 24.6 Å². The summed E-state index contributed by atoms with van der Waals surface area (Å²) in [5, 5.41) is 2.92. The SMILES string of the molecule is CCN(CC)S(=O)(=O)c1ccc([C@H](C)NC(=O)CCN2CCSC2=O)cc1. The van der Waals surface area contributed by atoms with Gasteiger partial charge in [-0.25, -0.2) is 8.42 Å². The third kappa shape index (κ3) is 5.46. The molecule has 1 aliphatic heterocycles. The monoisotopic (exact) mass is 413 g/mol. The summed E-state index contributed by atoms with van der Waals surface area (Å²) in [5.74, 6) is 0.645. The van der Waals surface area contributed by atoms with Gasteiger partial charge in [0.05, 0.1) is 10.9 Å². The average Bonchev–Trinajstić information content (AvgIpc) is 3.05. The number of nitrogens with zero attached hydrogens (tertiary/aromatic N) is 2. The lowest BCUT2D eigenvalue weighted by Crippen LogP contribution is -2.32. The van der Waals surface area contributed by atoms with Crippen LogP contribution >= 0.6 is 11.8 Å². The van der Waals surface area contributed by atoms with Gasteiger partial charge in [-0.3, -0.25) is 9.59 Å². The molecule has 7 nitrogen and oxygen atoms in total. The highest BCUT2D eigenvalue weighted by atomic mass is 32.2. The summed E-state index contributed by atoms with van der Waals surface area (Å²) < 4.78 is 26.4.